The van der Waals surface area contributed by atoms with Gasteiger partial charge < -0.3 is 4.42 Å². The predicted octanol–water partition coefficient (Wildman–Crippen LogP) is 8.57. The van der Waals surface area contributed by atoms with Crippen molar-refractivity contribution in [3.05, 3.63) is 66.1 Å². The number of rotatable bonds is 3. The number of benzene rings is 2. The van der Waals surface area contributed by atoms with Crippen LogP contribution in [0.3, 0.4) is 0 Å². The summed E-state index contributed by atoms with van der Waals surface area (Å²) in [7, 11) is 0. The van der Waals surface area contributed by atoms with E-state index < -0.39 is 0 Å². The number of aromatic nitrogens is 1. The predicted molar refractivity (Wildman–Crippen MR) is 130 cm³/mol. The number of hydrogen-bond acceptors (Lipinski definition) is 3. The molecule has 0 atom stereocenters. The van der Waals surface area contributed by atoms with Crippen molar-refractivity contribution in [1.82, 2.24) is 4.98 Å². The molecule has 0 aliphatic carbocycles. The van der Waals surface area contributed by atoms with Crippen molar-refractivity contribution in [2.24, 2.45) is 5.41 Å². The molecule has 0 bridgehead atoms. The van der Waals surface area contributed by atoms with Crippen molar-refractivity contribution in [2.75, 3.05) is 0 Å². The van der Waals surface area contributed by atoms with Crippen LogP contribution in [-0.4, -0.2) is 4.98 Å². The zero-order valence-electron chi connectivity index (χ0n) is 18.2. The van der Waals surface area contributed by atoms with E-state index in [1.54, 1.807) is 11.3 Å². The molecule has 0 aliphatic heterocycles. The van der Waals surface area contributed by atoms with Crippen molar-refractivity contribution in [3.8, 4) is 11.3 Å². The summed E-state index contributed by atoms with van der Waals surface area (Å²) in [6, 6.07) is 17.6. The van der Waals surface area contributed by atoms with E-state index in [2.05, 4.69) is 83.1 Å². The maximum Gasteiger partial charge on any atom is 0.189 e. The molecule has 152 valence electrons. The third kappa shape index (κ3) is 3.31. The normalized spacial score (nSPS) is 12.6. The third-order valence-electron chi connectivity index (χ3n) is 5.63. The second-order valence-electron chi connectivity index (χ2n) is 9.73. The van der Waals surface area contributed by atoms with Gasteiger partial charge in [0.15, 0.2) is 4.90 Å². The van der Waals surface area contributed by atoms with Crippen LogP contribution in [0.1, 0.15) is 51.9 Å². The lowest BCUT2D eigenvalue weighted by Crippen LogP contribution is -2.08. The van der Waals surface area contributed by atoms with Gasteiger partial charge in [-0.1, -0.05) is 70.2 Å². The Morgan fingerprint density at radius 2 is 1.80 bits per heavy atom. The first-order valence-corrected chi connectivity index (χ1v) is 11.4. The molecule has 0 N–H and O–H groups in total. The molecule has 0 unspecified atom stereocenters. The van der Waals surface area contributed by atoms with Crippen LogP contribution in [0.4, 0.5) is 0 Å². The monoisotopic (exact) mass is 413 g/mol. The number of nitrogens with zero attached hydrogens (tertiary/aromatic N) is 1. The molecule has 0 aliphatic rings. The van der Waals surface area contributed by atoms with Crippen LogP contribution in [0.25, 0.3) is 42.4 Å². The van der Waals surface area contributed by atoms with Crippen LogP contribution < -0.4 is 0 Å². The topological polar surface area (TPSA) is 26.0 Å². The SMILES string of the molecule is CC(C)c1cc(-c2nccc3sc4oc(CC(C)(C)C)cc4c23)cc2ccccc12. The van der Waals surface area contributed by atoms with Crippen LogP contribution in [0.2, 0.25) is 0 Å². The Kier molecular flexibility index (Phi) is 4.48. The summed E-state index contributed by atoms with van der Waals surface area (Å²) in [6.07, 6.45) is 2.85. The average Bonchev–Trinajstić information content (AvgIpc) is 3.22. The molecule has 30 heavy (non-hydrogen) atoms. The van der Waals surface area contributed by atoms with Crippen molar-refractivity contribution in [2.45, 2.75) is 47.0 Å². The van der Waals surface area contributed by atoms with Crippen LogP contribution in [-0.2, 0) is 6.42 Å². The van der Waals surface area contributed by atoms with Gasteiger partial charge in [0.1, 0.15) is 5.76 Å². The van der Waals surface area contributed by atoms with Gasteiger partial charge in [0.25, 0.3) is 0 Å². The van der Waals surface area contributed by atoms with E-state index in [9.17, 15) is 0 Å². The fraction of sp³-hybridized carbons (Fsp3) is 0.296. The lowest BCUT2D eigenvalue weighted by Gasteiger charge is -2.15. The van der Waals surface area contributed by atoms with Gasteiger partial charge in [-0.25, -0.2) is 0 Å². The minimum atomic E-state index is 0.196. The summed E-state index contributed by atoms with van der Waals surface area (Å²) in [6.45, 7) is 11.3. The van der Waals surface area contributed by atoms with E-state index >= 15 is 0 Å². The van der Waals surface area contributed by atoms with Crippen LogP contribution in [0.5, 0.6) is 0 Å². The summed E-state index contributed by atoms with van der Waals surface area (Å²) in [4.78, 5) is 5.86. The van der Waals surface area contributed by atoms with Gasteiger partial charge in [-0.3, -0.25) is 4.98 Å². The second kappa shape index (κ2) is 6.95. The largest absolute Gasteiger partial charge is 0.450 e. The maximum absolute atomic E-state index is 6.24. The first-order valence-electron chi connectivity index (χ1n) is 10.6. The van der Waals surface area contributed by atoms with Crippen molar-refractivity contribution >= 4 is 42.5 Å². The minimum absolute atomic E-state index is 0.196. The van der Waals surface area contributed by atoms with Gasteiger partial charge in [-0.05, 0) is 51.9 Å². The molecule has 0 saturated heterocycles. The minimum Gasteiger partial charge on any atom is -0.450 e. The molecule has 0 fully saturated rings. The quantitative estimate of drug-likeness (QED) is 0.296. The molecular weight excluding hydrogens is 386 g/mol. The average molecular weight is 414 g/mol. The highest BCUT2D eigenvalue weighted by atomic mass is 32.1. The fourth-order valence-corrected chi connectivity index (χ4v) is 5.40. The summed E-state index contributed by atoms with van der Waals surface area (Å²) < 4.78 is 7.47. The molecule has 3 aromatic heterocycles. The lowest BCUT2D eigenvalue weighted by molar-refractivity contribution is 0.371. The highest BCUT2D eigenvalue weighted by Crippen LogP contribution is 2.42. The van der Waals surface area contributed by atoms with Gasteiger partial charge in [0.05, 0.1) is 5.69 Å². The van der Waals surface area contributed by atoms with Crippen LogP contribution >= 0.6 is 11.3 Å². The van der Waals surface area contributed by atoms with Crippen LogP contribution in [0.15, 0.2) is 59.1 Å². The van der Waals surface area contributed by atoms with Crippen molar-refractivity contribution in [3.63, 3.8) is 0 Å². The van der Waals surface area contributed by atoms with Gasteiger partial charge in [0.2, 0.25) is 0 Å². The van der Waals surface area contributed by atoms with Crippen LogP contribution in [0, 0.1) is 5.41 Å². The molecule has 5 rings (SSSR count). The molecule has 3 heteroatoms. The molecule has 5 aromatic rings. The van der Waals surface area contributed by atoms with E-state index in [0.717, 1.165) is 22.8 Å². The van der Waals surface area contributed by atoms with Crippen molar-refractivity contribution < 1.29 is 4.42 Å². The molecule has 0 radical (unpaired) electrons. The number of hydrogen-bond donors (Lipinski definition) is 0. The van der Waals surface area contributed by atoms with E-state index in [1.165, 1.54) is 37.4 Å². The summed E-state index contributed by atoms with van der Waals surface area (Å²) >= 11 is 1.72. The third-order valence-corrected chi connectivity index (χ3v) is 6.68. The Balaban J connectivity index is 1.76. The molecule has 0 amide bonds. The Hall–Kier alpha value is -2.65. The Labute approximate surface area is 181 Å². The van der Waals surface area contributed by atoms with E-state index in [0.29, 0.717) is 5.92 Å². The fourth-order valence-electron chi connectivity index (χ4n) is 4.35. The highest BCUT2D eigenvalue weighted by Gasteiger charge is 2.20. The molecule has 0 saturated carbocycles. The summed E-state index contributed by atoms with van der Waals surface area (Å²) in [5, 5.41) is 5.00. The Morgan fingerprint density at radius 1 is 1.00 bits per heavy atom. The van der Waals surface area contributed by atoms with E-state index in [4.69, 9.17) is 9.40 Å². The zero-order chi connectivity index (χ0) is 21.0. The summed E-state index contributed by atoms with van der Waals surface area (Å²) in [5.74, 6) is 1.51. The van der Waals surface area contributed by atoms with Gasteiger partial charge in [-0.15, -0.1) is 0 Å². The molecule has 3 heterocycles. The van der Waals surface area contributed by atoms with Gasteiger partial charge in [0, 0.05) is 33.7 Å². The molecular formula is C27H27NOS. The number of pyridine rings is 1. The Bertz CT molecular complexity index is 1380. The number of fused-ring (bicyclic) bond motifs is 4. The first-order chi connectivity index (χ1) is 14.3. The van der Waals surface area contributed by atoms with Gasteiger partial charge in [-0.2, -0.15) is 0 Å². The molecule has 0 spiro atoms. The second-order valence-corrected chi connectivity index (χ2v) is 10.7. The first kappa shape index (κ1) is 19.3. The van der Waals surface area contributed by atoms with Gasteiger partial charge >= 0.3 is 0 Å². The maximum atomic E-state index is 6.24. The van der Waals surface area contributed by atoms with E-state index in [-0.39, 0.29) is 5.41 Å². The summed E-state index contributed by atoms with van der Waals surface area (Å²) in [5.41, 5.74) is 3.80. The standard InChI is InChI=1S/C27H27NOS/c1-16(2)21-13-18(12-17-8-6-7-9-20(17)21)25-24-22-14-19(15-27(3,4)5)29-26(22)30-23(24)10-11-28-25/h6-14,16H,15H2,1-5H3. The molecule has 2 aromatic carbocycles. The smallest absolute Gasteiger partial charge is 0.189 e. The lowest BCUT2D eigenvalue weighted by atomic mass is 9.91. The van der Waals surface area contributed by atoms with Crippen molar-refractivity contribution in [1.29, 1.82) is 0 Å². The highest BCUT2D eigenvalue weighted by molar-refractivity contribution is 7.25. The zero-order valence-corrected chi connectivity index (χ0v) is 19.1. The Morgan fingerprint density at radius 3 is 2.57 bits per heavy atom. The number of thiophene rings is 1. The molecule has 2 nitrogen and oxygen atoms in total. The van der Waals surface area contributed by atoms with E-state index in [1.807, 2.05) is 6.20 Å². The number of furan rings is 1.